The van der Waals surface area contributed by atoms with Gasteiger partial charge in [-0.15, -0.1) is 0 Å². The van der Waals surface area contributed by atoms with E-state index in [-0.39, 0.29) is 11.4 Å². The third kappa shape index (κ3) is 6.25. The first-order chi connectivity index (χ1) is 16.3. The highest BCUT2D eigenvalue weighted by Crippen LogP contribution is 2.27. The Labute approximate surface area is 202 Å². The molecule has 1 aliphatic rings. The normalized spacial score (nSPS) is 14.2. The molecule has 0 spiro atoms. The molecule has 3 rings (SSSR count). The number of nitrogens with one attached hydrogen (secondary N) is 2. The summed E-state index contributed by atoms with van der Waals surface area (Å²) in [5.41, 5.74) is -0.614. The molecule has 11 heteroatoms. The van der Waals surface area contributed by atoms with Crippen LogP contribution in [0.3, 0.4) is 0 Å². The van der Waals surface area contributed by atoms with Gasteiger partial charge >= 0.3 is 11.7 Å². The summed E-state index contributed by atoms with van der Waals surface area (Å²) < 4.78 is 2.56. The molecule has 3 amide bonds. The Morgan fingerprint density at radius 1 is 1.12 bits per heavy atom. The van der Waals surface area contributed by atoms with Crippen LogP contribution in [0.4, 0.5) is 4.79 Å². The van der Waals surface area contributed by atoms with Crippen LogP contribution in [0.1, 0.15) is 71.5 Å². The molecule has 34 heavy (non-hydrogen) atoms. The summed E-state index contributed by atoms with van der Waals surface area (Å²) >= 11 is 1.10. The molecule has 0 radical (unpaired) electrons. The lowest BCUT2D eigenvalue weighted by Gasteiger charge is -2.16. The second-order valence-corrected chi connectivity index (χ2v) is 10.1. The van der Waals surface area contributed by atoms with E-state index in [1.807, 2.05) is 6.92 Å². The maximum atomic E-state index is 13.1. The highest BCUT2D eigenvalue weighted by molar-refractivity contribution is 8.00. The lowest BCUT2D eigenvalue weighted by Crippen LogP contribution is -2.43. The van der Waals surface area contributed by atoms with Gasteiger partial charge in [-0.05, 0) is 32.6 Å². The highest BCUT2D eigenvalue weighted by atomic mass is 32.2. The van der Waals surface area contributed by atoms with Gasteiger partial charge in [-0.1, -0.05) is 44.9 Å². The van der Waals surface area contributed by atoms with E-state index >= 15 is 0 Å². The lowest BCUT2D eigenvalue weighted by atomic mass is 10.1. The molecule has 1 fully saturated rings. The Bertz CT molecular complexity index is 1170. The van der Waals surface area contributed by atoms with Crippen LogP contribution >= 0.6 is 11.8 Å². The second kappa shape index (κ2) is 11.6. The molecule has 2 heterocycles. The van der Waals surface area contributed by atoms with Gasteiger partial charge in [-0.2, -0.15) is 0 Å². The summed E-state index contributed by atoms with van der Waals surface area (Å²) in [6.45, 7) is 6.16. The van der Waals surface area contributed by atoms with Crippen LogP contribution in [0, 0.1) is 0 Å². The predicted octanol–water partition coefficient (Wildman–Crippen LogP) is 2.49. The van der Waals surface area contributed by atoms with Crippen LogP contribution in [0.15, 0.2) is 14.6 Å². The van der Waals surface area contributed by atoms with Gasteiger partial charge in [0.1, 0.15) is 16.2 Å². The monoisotopic (exact) mass is 490 g/mol. The minimum atomic E-state index is -0.688. The van der Waals surface area contributed by atoms with Gasteiger partial charge in [-0.25, -0.2) is 19.6 Å². The van der Waals surface area contributed by atoms with Gasteiger partial charge < -0.3 is 5.32 Å². The molecular weight excluding hydrogens is 456 g/mol. The van der Waals surface area contributed by atoms with Crippen LogP contribution in [0.5, 0.6) is 0 Å². The Kier molecular flexibility index (Phi) is 8.87. The molecule has 186 valence electrons. The first kappa shape index (κ1) is 25.9. The van der Waals surface area contributed by atoms with E-state index < -0.39 is 28.4 Å². The number of hydrogen-bond donors (Lipinski definition) is 2. The van der Waals surface area contributed by atoms with Gasteiger partial charge in [0.25, 0.3) is 5.56 Å². The summed E-state index contributed by atoms with van der Waals surface area (Å²) in [6.07, 6.45) is 7.29. The average Bonchev–Trinajstić information content (AvgIpc) is 3.61. The SMILES string of the molecule is CCCCCCc1nc(S[C@H](C)C(=O)NC(=O)NC2CC2)c2c(=O)n(C)c(=O)n(CCC)c2n1. The highest BCUT2D eigenvalue weighted by Gasteiger charge is 2.26. The Morgan fingerprint density at radius 3 is 2.50 bits per heavy atom. The van der Waals surface area contributed by atoms with Crippen molar-refractivity contribution in [3.8, 4) is 0 Å². The van der Waals surface area contributed by atoms with E-state index in [0.717, 1.165) is 54.9 Å². The fourth-order valence-corrected chi connectivity index (χ4v) is 4.55. The topological polar surface area (TPSA) is 128 Å². The number of rotatable bonds is 11. The van der Waals surface area contributed by atoms with Crippen LogP contribution < -0.4 is 21.9 Å². The number of unbranched alkanes of at least 4 members (excludes halogenated alkanes) is 3. The minimum absolute atomic E-state index is 0.134. The van der Waals surface area contributed by atoms with Crippen LogP contribution in [0.2, 0.25) is 0 Å². The fraction of sp³-hybridized carbons (Fsp3) is 0.652. The molecule has 10 nitrogen and oxygen atoms in total. The molecule has 1 atom stereocenters. The largest absolute Gasteiger partial charge is 0.335 e. The number of urea groups is 1. The second-order valence-electron chi connectivity index (χ2n) is 8.75. The summed E-state index contributed by atoms with van der Waals surface area (Å²) in [4.78, 5) is 59.8. The maximum Gasteiger partial charge on any atom is 0.332 e. The summed E-state index contributed by atoms with van der Waals surface area (Å²) in [5.74, 6) is 0.0702. The van der Waals surface area contributed by atoms with E-state index in [2.05, 4.69) is 27.5 Å². The molecule has 2 aromatic rings. The number of nitrogens with zero attached hydrogens (tertiary/aromatic N) is 4. The number of amides is 3. The number of carbonyl (C=O) groups is 2. The van der Waals surface area contributed by atoms with Gasteiger partial charge in [0.05, 0.1) is 5.25 Å². The van der Waals surface area contributed by atoms with E-state index in [1.54, 1.807) is 6.92 Å². The van der Waals surface area contributed by atoms with Crippen LogP contribution in [0.25, 0.3) is 11.0 Å². The molecule has 0 aromatic carbocycles. The predicted molar refractivity (Wildman–Crippen MR) is 132 cm³/mol. The zero-order valence-electron chi connectivity index (χ0n) is 20.3. The zero-order chi connectivity index (χ0) is 24.8. The van der Waals surface area contributed by atoms with Gasteiger partial charge in [-0.3, -0.25) is 24.0 Å². The molecule has 1 aliphatic carbocycles. The van der Waals surface area contributed by atoms with Crippen LogP contribution in [-0.4, -0.2) is 42.3 Å². The van der Waals surface area contributed by atoms with Crippen molar-refractivity contribution in [1.82, 2.24) is 29.7 Å². The molecule has 2 aromatic heterocycles. The van der Waals surface area contributed by atoms with Gasteiger partial charge in [0.15, 0.2) is 5.65 Å². The maximum absolute atomic E-state index is 13.1. The van der Waals surface area contributed by atoms with Crippen molar-refractivity contribution in [1.29, 1.82) is 0 Å². The number of aromatic nitrogens is 4. The van der Waals surface area contributed by atoms with E-state index in [1.165, 1.54) is 11.6 Å². The summed E-state index contributed by atoms with van der Waals surface area (Å²) in [5, 5.41) is 4.97. The number of imide groups is 1. The van der Waals surface area contributed by atoms with Gasteiger partial charge in [0, 0.05) is 26.1 Å². The average molecular weight is 491 g/mol. The first-order valence-electron chi connectivity index (χ1n) is 12.0. The lowest BCUT2D eigenvalue weighted by molar-refractivity contribution is -0.119. The molecule has 0 unspecified atom stereocenters. The molecule has 0 bridgehead atoms. The smallest absolute Gasteiger partial charge is 0.332 e. The standard InChI is InChI=1S/C23H34N6O4S/c1-5-7-8-9-10-16-25-18-17(21(31)28(4)23(33)29(18)13-6-2)20(26-16)34-14(3)19(30)27-22(32)24-15-11-12-15/h14-15H,5-13H2,1-4H3,(H2,24,27,30,32)/t14-/m1/s1. The molecule has 1 saturated carbocycles. The van der Waals surface area contributed by atoms with Crippen molar-refractivity contribution in [2.24, 2.45) is 7.05 Å². The number of thioether (sulfide) groups is 1. The van der Waals surface area contributed by atoms with Crippen molar-refractivity contribution in [3.05, 3.63) is 26.7 Å². The number of carbonyl (C=O) groups excluding carboxylic acids is 2. The van der Waals surface area contributed by atoms with Crippen molar-refractivity contribution >= 4 is 34.7 Å². The molecule has 0 aliphatic heterocycles. The molecule has 2 N–H and O–H groups in total. The minimum Gasteiger partial charge on any atom is -0.335 e. The Morgan fingerprint density at radius 2 is 1.85 bits per heavy atom. The van der Waals surface area contributed by atoms with Crippen LogP contribution in [-0.2, 0) is 24.8 Å². The molecule has 0 saturated heterocycles. The zero-order valence-corrected chi connectivity index (χ0v) is 21.2. The summed E-state index contributed by atoms with van der Waals surface area (Å²) in [7, 11) is 1.43. The van der Waals surface area contributed by atoms with Gasteiger partial charge in [0.2, 0.25) is 5.91 Å². The summed E-state index contributed by atoms with van der Waals surface area (Å²) in [6, 6.07) is -0.382. The Hall–Kier alpha value is -2.69. The number of aryl methyl sites for hydroxylation is 2. The number of hydrogen-bond acceptors (Lipinski definition) is 7. The van der Waals surface area contributed by atoms with Crippen molar-refractivity contribution in [2.75, 3.05) is 0 Å². The van der Waals surface area contributed by atoms with Crippen molar-refractivity contribution in [2.45, 2.75) is 95.0 Å². The number of fused-ring (bicyclic) bond motifs is 1. The molecular formula is C23H34N6O4S. The fourth-order valence-electron chi connectivity index (χ4n) is 3.60. The third-order valence-electron chi connectivity index (χ3n) is 5.70. The Balaban J connectivity index is 1.97. The quantitative estimate of drug-likeness (QED) is 0.281. The van der Waals surface area contributed by atoms with E-state index in [9.17, 15) is 19.2 Å². The van der Waals surface area contributed by atoms with Crippen molar-refractivity contribution in [3.63, 3.8) is 0 Å². The van der Waals surface area contributed by atoms with E-state index in [4.69, 9.17) is 0 Å². The first-order valence-corrected chi connectivity index (χ1v) is 12.9. The third-order valence-corrected chi connectivity index (χ3v) is 6.79. The van der Waals surface area contributed by atoms with Crippen molar-refractivity contribution < 1.29 is 9.59 Å². The van der Waals surface area contributed by atoms with E-state index in [0.29, 0.717) is 35.9 Å².